The minimum absolute atomic E-state index is 0.612. The van der Waals surface area contributed by atoms with E-state index in [1.54, 1.807) is 0 Å². The molecule has 0 unspecified atom stereocenters. The summed E-state index contributed by atoms with van der Waals surface area (Å²) in [6.07, 6.45) is 2.83. The third kappa shape index (κ3) is 4.73. The molecule has 0 spiro atoms. The Kier molecular flexibility index (Phi) is 4.21. The summed E-state index contributed by atoms with van der Waals surface area (Å²) in [5, 5.41) is 19.3. The van der Waals surface area contributed by atoms with Gasteiger partial charge in [0.05, 0.1) is 11.2 Å². The number of hydrogen-bond acceptors (Lipinski definition) is 2. The van der Waals surface area contributed by atoms with Crippen molar-refractivity contribution in [3.8, 4) is 0 Å². The maximum absolute atomic E-state index is 9.67. The molecule has 0 radical (unpaired) electrons. The highest BCUT2D eigenvalue weighted by Gasteiger charge is 2.24. The van der Waals surface area contributed by atoms with Crippen LogP contribution in [-0.4, -0.2) is 21.4 Å². The molecule has 0 aliphatic rings. The van der Waals surface area contributed by atoms with Gasteiger partial charge in [-0.25, -0.2) is 0 Å². The lowest BCUT2D eigenvalue weighted by Crippen LogP contribution is -2.30. The molecule has 2 atom stereocenters. The van der Waals surface area contributed by atoms with Gasteiger partial charge in [-0.2, -0.15) is 0 Å². The zero-order valence-electron chi connectivity index (χ0n) is 8.72. The third-order valence-electron chi connectivity index (χ3n) is 2.73. The van der Waals surface area contributed by atoms with E-state index in [9.17, 15) is 10.2 Å². The van der Waals surface area contributed by atoms with E-state index in [0.29, 0.717) is 12.8 Å². The molecule has 0 aromatic carbocycles. The van der Waals surface area contributed by atoms with E-state index < -0.39 is 11.2 Å². The standard InChI is InChI=1S/C10H22O2/c1-5-9(3,11)7-8-10(4,12)6-2/h11-12H,5-8H2,1-4H3/t9-,10-/m1/s1. The van der Waals surface area contributed by atoms with Gasteiger partial charge in [0.25, 0.3) is 0 Å². The first-order valence-corrected chi connectivity index (χ1v) is 4.78. The summed E-state index contributed by atoms with van der Waals surface area (Å²) in [5.41, 5.74) is -1.22. The van der Waals surface area contributed by atoms with Crippen molar-refractivity contribution in [2.45, 2.75) is 64.6 Å². The first-order valence-electron chi connectivity index (χ1n) is 4.78. The Bertz CT molecular complexity index is 112. The van der Waals surface area contributed by atoms with Crippen LogP contribution in [0, 0.1) is 0 Å². The number of hydrogen-bond donors (Lipinski definition) is 2. The van der Waals surface area contributed by atoms with E-state index >= 15 is 0 Å². The maximum Gasteiger partial charge on any atom is 0.0618 e. The maximum atomic E-state index is 9.67. The van der Waals surface area contributed by atoms with E-state index in [4.69, 9.17) is 0 Å². The molecule has 0 amide bonds. The van der Waals surface area contributed by atoms with Crippen LogP contribution in [0.3, 0.4) is 0 Å². The van der Waals surface area contributed by atoms with Crippen LogP contribution in [0.1, 0.15) is 53.4 Å². The van der Waals surface area contributed by atoms with Crippen LogP contribution in [-0.2, 0) is 0 Å². The molecule has 0 aromatic rings. The van der Waals surface area contributed by atoms with Crippen molar-refractivity contribution in [3.63, 3.8) is 0 Å². The minimum Gasteiger partial charge on any atom is -0.390 e. The molecule has 0 saturated carbocycles. The van der Waals surface area contributed by atoms with Crippen LogP contribution in [0.4, 0.5) is 0 Å². The molecule has 2 heteroatoms. The van der Waals surface area contributed by atoms with Gasteiger partial charge in [0.1, 0.15) is 0 Å². The Hall–Kier alpha value is -0.0800. The van der Waals surface area contributed by atoms with Crippen LogP contribution in [0.5, 0.6) is 0 Å². The second kappa shape index (κ2) is 4.24. The average molecular weight is 174 g/mol. The van der Waals surface area contributed by atoms with E-state index in [0.717, 1.165) is 12.8 Å². The monoisotopic (exact) mass is 174 g/mol. The first kappa shape index (κ1) is 11.9. The molecule has 0 aromatic heterocycles. The fraction of sp³-hybridized carbons (Fsp3) is 1.00. The second-order valence-corrected chi connectivity index (χ2v) is 4.20. The number of aliphatic hydroxyl groups is 2. The summed E-state index contributed by atoms with van der Waals surface area (Å²) in [6, 6.07) is 0. The molecule has 0 saturated heterocycles. The summed E-state index contributed by atoms with van der Waals surface area (Å²) >= 11 is 0. The molecule has 0 fully saturated rings. The predicted octanol–water partition coefficient (Wildman–Crippen LogP) is 2.09. The van der Waals surface area contributed by atoms with Crippen LogP contribution >= 0.6 is 0 Å². The lowest BCUT2D eigenvalue weighted by Gasteiger charge is -2.27. The SMILES string of the molecule is CC[C@@](C)(O)CC[C@](C)(O)CC. The van der Waals surface area contributed by atoms with Gasteiger partial charge in [-0.05, 0) is 39.5 Å². The smallest absolute Gasteiger partial charge is 0.0618 e. The molecular weight excluding hydrogens is 152 g/mol. The molecule has 0 heterocycles. The van der Waals surface area contributed by atoms with Crippen molar-refractivity contribution in [2.24, 2.45) is 0 Å². The van der Waals surface area contributed by atoms with Gasteiger partial charge in [-0.3, -0.25) is 0 Å². The zero-order chi connectivity index (χ0) is 9.83. The topological polar surface area (TPSA) is 40.5 Å². The van der Waals surface area contributed by atoms with Crippen LogP contribution in [0.2, 0.25) is 0 Å². The van der Waals surface area contributed by atoms with E-state index in [-0.39, 0.29) is 0 Å². The summed E-state index contributed by atoms with van der Waals surface area (Å²) in [6.45, 7) is 7.55. The minimum atomic E-state index is -0.612. The third-order valence-corrected chi connectivity index (χ3v) is 2.73. The van der Waals surface area contributed by atoms with Gasteiger partial charge in [0.15, 0.2) is 0 Å². The Morgan fingerprint density at radius 1 is 0.833 bits per heavy atom. The number of rotatable bonds is 5. The Morgan fingerprint density at radius 3 is 1.25 bits per heavy atom. The van der Waals surface area contributed by atoms with Gasteiger partial charge < -0.3 is 10.2 Å². The Morgan fingerprint density at radius 2 is 1.08 bits per heavy atom. The van der Waals surface area contributed by atoms with Crippen LogP contribution in [0.15, 0.2) is 0 Å². The highest BCUT2D eigenvalue weighted by molar-refractivity contribution is 4.77. The quantitative estimate of drug-likeness (QED) is 0.670. The fourth-order valence-corrected chi connectivity index (χ4v) is 0.892. The van der Waals surface area contributed by atoms with Crippen molar-refractivity contribution in [1.82, 2.24) is 0 Å². The zero-order valence-corrected chi connectivity index (χ0v) is 8.72. The van der Waals surface area contributed by atoms with Gasteiger partial charge in [-0.1, -0.05) is 13.8 Å². The highest BCUT2D eigenvalue weighted by Crippen LogP contribution is 2.23. The largest absolute Gasteiger partial charge is 0.390 e. The highest BCUT2D eigenvalue weighted by atomic mass is 16.3. The lowest BCUT2D eigenvalue weighted by atomic mass is 9.89. The summed E-state index contributed by atoms with van der Waals surface area (Å²) in [7, 11) is 0. The molecule has 12 heavy (non-hydrogen) atoms. The Balaban J connectivity index is 3.82. The first-order chi connectivity index (χ1) is 5.33. The van der Waals surface area contributed by atoms with Gasteiger partial charge in [0.2, 0.25) is 0 Å². The molecule has 0 bridgehead atoms. The molecule has 74 valence electrons. The molecule has 2 nitrogen and oxygen atoms in total. The van der Waals surface area contributed by atoms with Crippen molar-refractivity contribution in [2.75, 3.05) is 0 Å². The van der Waals surface area contributed by atoms with Crippen molar-refractivity contribution in [1.29, 1.82) is 0 Å². The molecule has 0 rings (SSSR count). The van der Waals surface area contributed by atoms with Crippen molar-refractivity contribution in [3.05, 3.63) is 0 Å². The molecule has 0 aliphatic carbocycles. The summed E-state index contributed by atoms with van der Waals surface area (Å²) in [5.74, 6) is 0. The van der Waals surface area contributed by atoms with Crippen molar-refractivity contribution >= 4 is 0 Å². The molecule has 0 aliphatic heterocycles. The van der Waals surface area contributed by atoms with Gasteiger partial charge in [0, 0.05) is 0 Å². The Labute approximate surface area is 75.6 Å². The molecular formula is C10H22O2. The molecule has 2 N–H and O–H groups in total. The predicted molar refractivity (Wildman–Crippen MR) is 51.1 cm³/mol. The van der Waals surface area contributed by atoms with E-state index in [2.05, 4.69) is 0 Å². The van der Waals surface area contributed by atoms with Gasteiger partial charge >= 0.3 is 0 Å². The van der Waals surface area contributed by atoms with E-state index in [1.807, 2.05) is 27.7 Å². The lowest BCUT2D eigenvalue weighted by molar-refractivity contribution is -0.00613. The van der Waals surface area contributed by atoms with Crippen LogP contribution in [0.25, 0.3) is 0 Å². The van der Waals surface area contributed by atoms with E-state index in [1.165, 1.54) is 0 Å². The van der Waals surface area contributed by atoms with Crippen LogP contribution < -0.4 is 0 Å². The summed E-state index contributed by atoms with van der Waals surface area (Å²) in [4.78, 5) is 0. The normalized spacial score (nSPS) is 21.5. The van der Waals surface area contributed by atoms with Crippen molar-refractivity contribution < 1.29 is 10.2 Å². The summed E-state index contributed by atoms with van der Waals surface area (Å²) < 4.78 is 0. The second-order valence-electron chi connectivity index (χ2n) is 4.20. The fourth-order valence-electron chi connectivity index (χ4n) is 0.892. The average Bonchev–Trinajstić information content (AvgIpc) is 2.02. The van der Waals surface area contributed by atoms with Gasteiger partial charge in [-0.15, -0.1) is 0 Å².